The number of benzene rings is 2. The van der Waals surface area contributed by atoms with E-state index in [0.717, 1.165) is 11.1 Å². The summed E-state index contributed by atoms with van der Waals surface area (Å²) in [6.07, 6.45) is 0.375. The number of nitrogens with zero attached hydrogens (tertiary/aromatic N) is 1. The first kappa shape index (κ1) is 14.5. The molecule has 0 bridgehead atoms. The van der Waals surface area contributed by atoms with Crippen molar-refractivity contribution in [2.75, 3.05) is 0 Å². The van der Waals surface area contributed by atoms with E-state index in [0.29, 0.717) is 17.0 Å². The van der Waals surface area contributed by atoms with Crippen LogP contribution >= 0.6 is 11.6 Å². The third kappa shape index (κ3) is 3.15. The highest BCUT2D eigenvalue weighted by Crippen LogP contribution is 2.28. The van der Waals surface area contributed by atoms with Gasteiger partial charge in [-0.2, -0.15) is 0 Å². The van der Waals surface area contributed by atoms with Gasteiger partial charge in [-0.05, 0) is 30.5 Å². The molecule has 104 valence electrons. The van der Waals surface area contributed by atoms with Crippen molar-refractivity contribution in [2.24, 2.45) is 5.73 Å². The van der Waals surface area contributed by atoms with Crippen LogP contribution < -0.4 is 5.73 Å². The smallest absolute Gasteiger partial charge is 0.272 e. The van der Waals surface area contributed by atoms with Crippen LogP contribution in [0.25, 0.3) is 0 Å². The minimum absolute atomic E-state index is 0.0891. The van der Waals surface area contributed by atoms with Crippen LogP contribution in [-0.2, 0) is 6.42 Å². The molecule has 0 aliphatic carbocycles. The quantitative estimate of drug-likeness (QED) is 0.688. The van der Waals surface area contributed by atoms with E-state index < -0.39 is 4.92 Å². The van der Waals surface area contributed by atoms with Crippen LogP contribution in [0.3, 0.4) is 0 Å². The maximum Gasteiger partial charge on any atom is 0.272 e. The molecule has 0 fully saturated rings. The van der Waals surface area contributed by atoms with Gasteiger partial charge in [0, 0.05) is 22.7 Å². The first-order valence-electron chi connectivity index (χ1n) is 6.23. The van der Waals surface area contributed by atoms with Gasteiger partial charge in [0.25, 0.3) is 5.69 Å². The summed E-state index contributed by atoms with van der Waals surface area (Å²) in [6.45, 7) is 1.95. The molecule has 0 amide bonds. The normalized spacial score (nSPS) is 12.2. The van der Waals surface area contributed by atoms with Gasteiger partial charge in [0.15, 0.2) is 0 Å². The van der Waals surface area contributed by atoms with Gasteiger partial charge in [0.2, 0.25) is 0 Å². The number of hydrogen-bond acceptors (Lipinski definition) is 3. The Bertz CT molecular complexity index is 644. The van der Waals surface area contributed by atoms with Gasteiger partial charge < -0.3 is 5.73 Å². The summed E-state index contributed by atoms with van der Waals surface area (Å²) in [5.74, 6) is 0. The van der Waals surface area contributed by atoms with Crippen molar-refractivity contribution in [3.63, 3.8) is 0 Å². The number of nitro benzene ring substituents is 1. The van der Waals surface area contributed by atoms with E-state index >= 15 is 0 Å². The molecule has 0 aromatic heterocycles. The van der Waals surface area contributed by atoms with Crippen molar-refractivity contribution in [1.29, 1.82) is 0 Å². The molecule has 0 aliphatic rings. The SMILES string of the molecule is Cc1ccc(C(N)Cc2ccccc2[N+](=O)[O-])c(Cl)c1. The third-order valence-corrected chi connectivity index (χ3v) is 3.51. The summed E-state index contributed by atoms with van der Waals surface area (Å²) < 4.78 is 0. The largest absolute Gasteiger partial charge is 0.324 e. The van der Waals surface area contributed by atoms with Gasteiger partial charge in [-0.3, -0.25) is 10.1 Å². The number of hydrogen-bond donors (Lipinski definition) is 1. The van der Waals surface area contributed by atoms with Crippen LogP contribution in [0.2, 0.25) is 5.02 Å². The highest BCUT2D eigenvalue weighted by Gasteiger charge is 2.17. The molecular weight excluding hydrogens is 276 g/mol. The lowest BCUT2D eigenvalue weighted by Gasteiger charge is -2.14. The number of halogens is 1. The second-order valence-corrected chi connectivity index (χ2v) is 5.13. The van der Waals surface area contributed by atoms with Gasteiger partial charge in [-0.1, -0.05) is 41.9 Å². The first-order valence-corrected chi connectivity index (χ1v) is 6.60. The fourth-order valence-electron chi connectivity index (χ4n) is 2.14. The summed E-state index contributed by atoms with van der Waals surface area (Å²) in [4.78, 5) is 10.6. The molecule has 4 nitrogen and oxygen atoms in total. The molecule has 2 rings (SSSR count). The summed E-state index contributed by atoms with van der Waals surface area (Å²) in [7, 11) is 0. The zero-order valence-corrected chi connectivity index (χ0v) is 11.8. The van der Waals surface area contributed by atoms with Crippen molar-refractivity contribution >= 4 is 17.3 Å². The Balaban J connectivity index is 2.28. The summed E-state index contributed by atoms with van der Waals surface area (Å²) >= 11 is 6.18. The Kier molecular flexibility index (Phi) is 4.37. The Labute approximate surface area is 122 Å². The maximum atomic E-state index is 11.0. The topological polar surface area (TPSA) is 69.2 Å². The molecular formula is C15H15ClN2O2. The van der Waals surface area contributed by atoms with E-state index in [2.05, 4.69) is 0 Å². The molecule has 2 aromatic carbocycles. The lowest BCUT2D eigenvalue weighted by atomic mass is 9.98. The molecule has 0 aliphatic heterocycles. The highest BCUT2D eigenvalue weighted by atomic mass is 35.5. The minimum atomic E-state index is -0.390. The van der Waals surface area contributed by atoms with E-state index in [1.54, 1.807) is 18.2 Å². The first-order chi connectivity index (χ1) is 9.49. The number of para-hydroxylation sites is 1. The molecule has 0 saturated carbocycles. The number of nitro groups is 1. The minimum Gasteiger partial charge on any atom is -0.324 e. The monoisotopic (exact) mass is 290 g/mol. The third-order valence-electron chi connectivity index (χ3n) is 3.18. The summed E-state index contributed by atoms with van der Waals surface area (Å²) in [5, 5.41) is 11.6. The van der Waals surface area contributed by atoms with Crippen LogP contribution in [0.4, 0.5) is 5.69 Å². The number of rotatable bonds is 4. The van der Waals surface area contributed by atoms with Crippen LogP contribution in [0, 0.1) is 17.0 Å². The Morgan fingerprint density at radius 3 is 2.65 bits per heavy atom. The number of aryl methyl sites for hydroxylation is 1. The van der Waals surface area contributed by atoms with Gasteiger partial charge in [0.1, 0.15) is 0 Å². The van der Waals surface area contributed by atoms with Crippen LogP contribution in [0.15, 0.2) is 42.5 Å². The standard InChI is InChI=1S/C15H15ClN2O2/c1-10-6-7-12(13(16)8-10)14(17)9-11-4-2-3-5-15(11)18(19)20/h2-8,14H,9,17H2,1H3. The molecule has 0 heterocycles. The van der Waals surface area contributed by atoms with Crippen molar-refractivity contribution < 1.29 is 4.92 Å². The second-order valence-electron chi connectivity index (χ2n) is 4.72. The molecule has 1 atom stereocenters. The Morgan fingerprint density at radius 2 is 2.00 bits per heavy atom. The maximum absolute atomic E-state index is 11.0. The fourth-order valence-corrected chi connectivity index (χ4v) is 2.52. The molecule has 0 saturated heterocycles. The summed E-state index contributed by atoms with van der Waals surface area (Å²) in [6, 6.07) is 11.9. The predicted molar refractivity (Wildman–Crippen MR) is 79.9 cm³/mol. The fraction of sp³-hybridized carbons (Fsp3) is 0.200. The van der Waals surface area contributed by atoms with Crippen molar-refractivity contribution in [3.8, 4) is 0 Å². The molecule has 20 heavy (non-hydrogen) atoms. The molecule has 5 heteroatoms. The van der Waals surface area contributed by atoms with E-state index in [1.807, 2.05) is 25.1 Å². The van der Waals surface area contributed by atoms with Crippen molar-refractivity contribution in [1.82, 2.24) is 0 Å². The van der Waals surface area contributed by atoms with Gasteiger partial charge >= 0.3 is 0 Å². The molecule has 0 radical (unpaired) electrons. The molecule has 1 unspecified atom stereocenters. The summed E-state index contributed by atoms with van der Waals surface area (Å²) in [5.41, 5.74) is 8.70. The van der Waals surface area contributed by atoms with Gasteiger partial charge in [-0.15, -0.1) is 0 Å². The average molecular weight is 291 g/mol. The average Bonchev–Trinajstić information content (AvgIpc) is 2.38. The van der Waals surface area contributed by atoms with E-state index in [-0.39, 0.29) is 11.7 Å². The van der Waals surface area contributed by atoms with Gasteiger partial charge in [-0.25, -0.2) is 0 Å². The zero-order valence-electron chi connectivity index (χ0n) is 11.0. The number of nitrogens with two attached hydrogens (primary N) is 1. The van der Waals surface area contributed by atoms with E-state index in [9.17, 15) is 10.1 Å². The van der Waals surface area contributed by atoms with Crippen LogP contribution in [0.1, 0.15) is 22.7 Å². The Hall–Kier alpha value is -1.91. The van der Waals surface area contributed by atoms with Crippen LogP contribution in [0.5, 0.6) is 0 Å². The van der Waals surface area contributed by atoms with E-state index in [1.165, 1.54) is 6.07 Å². The molecule has 2 N–H and O–H groups in total. The predicted octanol–water partition coefficient (Wildman–Crippen LogP) is 3.80. The molecule has 2 aromatic rings. The zero-order chi connectivity index (χ0) is 14.7. The lowest BCUT2D eigenvalue weighted by Crippen LogP contribution is -2.14. The van der Waals surface area contributed by atoms with Crippen molar-refractivity contribution in [3.05, 3.63) is 74.3 Å². The van der Waals surface area contributed by atoms with E-state index in [4.69, 9.17) is 17.3 Å². The van der Waals surface area contributed by atoms with Gasteiger partial charge in [0.05, 0.1) is 4.92 Å². The second kappa shape index (κ2) is 6.03. The highest BCUT2D eigenvalue weighted by molar-refractivity contribution is 6.31. The molecule has 0 spiro atoms. The van der Waals surface area contributed by atoms with Crippen LogP contribution in [-0.4, -0.2) is 4.92 Å². The van der Waals surface area contributed by atoms with Crippen molar-refractivity contribution in [2.45, 2.75) is 19.4 Å². The Morgan fingerprint density at radius 1 is 1.30 bits per heavy atom. The lowest BCUT2D eigenvalue weighted by molar-refractivity contribution is -0.385.